The smallest absolute Gasteiger partial charge is 0.267 e. The predicted octanol–water partition coefficient (Wildman–Crippen LogP) is 3.95. The highest BCUT2D eigenvalue weighted by atomic mass is 32.2. The van der Waals surface area contributed by atoms with Gasteiger partial charge in [-0.1, -0.05) is 30.8 Å². The van der Waals surface area contributed by atoms with Gasteiger partial charge in [-0.15, -0.1) is 11.3 Å². The van der Waals surface area contributed by atoms with E-state index in [9.17, 15) is 14.0 Å². The summed E-state index contributed by atoms with van der Waals surface area (Å²) in [6.07, 6.45) is 2.78. The maximum Gasteiger partial charge on any atom is 0.267 e. The second kappa shape index (κ2) is 9.72. The molecule has 2 heterocycles. The van der Waals surface area contributed by atoms with Gasteiger partial charge in [0.05, 0.1) is 23.4 Å². The maximum absolute atomic E-state index is 14.7. The molecule has 2 aromatic heterocycles. The lowest BCUT2D eigenvalue weighted by Crippen LogP contribution is -2.36. The van der Waals surface area contributed by atoms with E-state index in [1.807, 2.05) is 6.92 Å². The SMILES string of the molecule is COCC(C)NC(=O)CSc1nc2sc3c(c2c(=O)n1-c1ccccc1F)CCC(C)C3. The average Bonchev–Trinajstić information content (AvgIpc) is 3.10. The molecule has 9 heteroatoms. The molecule has 0 radical (unpaired) electrons. The number of aromatic nitrogens is 2. The molecule has 170 valence electrons. The number of para-hydroxylation sites is 1. The summed E-state index contributed by atoms with van der Waals surface area (Å²) in [5, 5.41) is 3.75. The first kappa shape index (κ1) is 22.9. The van der Waals surface area contributed by atoms with Crippen LogP contribution in [-0.2, 0) is 22.4 Å². The number of thiophene rings is 1. The van der Waals surface area contributed by atoms with E-state index in [1.54, 1.807) is 36.6 Å². The standard InChI is InChI=1S/C23H26FN3O3S2/c1-13-8-9-15-18(10-13)32-21-20(15)22(29)27(17-7-5-4-6-16(17)24)23(26-21)31-12-19(28)25-14(2)11-30-3/h4-7,13-14H,8-12H2,1-3H3,(H,25,28). The van der Waals surface area contributed by atoms with Crippen LogP contribution in [0.25, 0.3) is 15.9 Å². The maximum atomic E-state index is 14.7. The van der Waals surface area contributed by atoms with Gasteiger partial charge < -0.3 is 10.1 Å². The van der Waals surface area contributed by atoms with Crippen LogP contribution in [0, 0.1) is 11.7 Å². The quantitative estimate of drug-likeness (QED) is 0.414. The summed E-state index contributed by atoms with van der Waals surface area (Å²) < 4.78 is 21.1. The Hall–Kier alpha value is -2.23. The number of hydrogen-bond donors (Lipinski definition) is 1. The van der Waals surface area contributed by atoms with Crippen molar-refractivity contribution in [3.05, 3.63) is 50.9 Å². The van der Waals surface area contributed by atoms with E-state index in [-0.39, 0.29) is 28.9 Å². The van der Waals surface area contributed by atoms with Gasteiger partial charge in [0, 0.05) is 18.0 Å². The molecule has 1 aliphatic rings. The van der Waals surface area contributed by atoms with Crippen LogP contribution in [0.15, 0.2) is 34.2 Å². The zero-order valence-electron chi connectivity index (χ0n) is 18.3. The van der Waals surface area contributed by atoms with Crippen molar-refractivity contribution in [3.8, 4) is 5.69 Å². The lowest BCUT2D eigenvalue weighted by Gasteiger charge is -2.18. The molecule has 6 nitrogen and oxygen atoms in total. The van der Waals surface area contributed by atoms with Gasteiger partial charge in [0.25, 0.3) is 5.56 Å². The van der Waals surface area contributed by atoms with Crippen molar-refractivity contribution in [2.75, 3.05) is 19.5 Å². The molecule has 0 fully saturated rings. The molecule has 1 N–H and O–H groups in total. The number of methoxy groups -OCH3 is 1. The summed E-state index contributed by atoms with van der Waals surface area (Å²) in [6.45, 7) is 4.46. The zero-order chi connectivity index (χ0) is 22.8. The third-order valence-corrected chi connectivity index (χ3v) is 7.64. The normalized spacial score (nSPS) is 16.7. The lowest BCUT2D eigenvalue weighted by atomic mass is 9.89. The number of thioether (sulfide) groups is 1. The highest BCUT2D eigenvalue weighted by Crippen LogP contribution is 2.37. The molecule has 1 amide bonds. The molecule has 1 aromatic carbocycles. The van der Waals surface area contributed by atoms with Crippen LogP contribution in [0.5, 0.6) is 0 Å². The van der Waals surface area contributed by atoms with Crippen LogP contribution in [0.2, 0.25) is 0 Å². The minimum atomic E-state index is -0.506. The van der Waals surface area contributed by atoms with Gasteiger partial charge >= 0.3 is 0 Å². The molecule has 0 saturated heterocycles. The molecule has 4 rings (SSSR count). The summed E-state index contributed by atoms with van der Waals surface area (Å²) >= 11 is 2.68. The second-order valence-electron chi connectivity index (χ2n) is 8.23. The van der Waals surface area contributed by atoms with Crippen molar-refractivity contribution in [1.82, 2.24) is 14.9 Å². The summed E-state index contributed by atoms with van der Waals surface area (Å²) in [7, 11) is 1.57. The zero-order valence-corrected chi connectivity index (χ0v) is 19.9. The number of carbonyl (C=O) groups is 1. The number of amides is 1. The first-order valence-electron chi connectivity index (χ1n) is 10.6. The lowest BCUT2D eigenvalue weighted by molar-refractivity contribution is -0.119. The number of hydrogen-bond acceptors (Lipinski definition) is 6. The number of carbonyl (C=O) groups excluding carboxylic acids is 1. The Morgan fingerprint density at radius 3 is 2.97 bits per heavy atom. The van der Waals surface area contributed by atoms with Crippen molar-refractivity contribution in [2.24, 2.45) is 5.92 Å². The van der Waals surface area contributed by atoms with E-state index < -0.39 is 5.82 Å². The molecule has 2 unspecified atom stereocenters. The molecular weight excluding hydrogens is 449 g/mol. The van der Waals surface area contributed by atoms with E-state index in [0.717, 1.165) is 36.6 Å². The highest BCUT2D eigenvalue weighted by Gasteiger charge is 2.26. The fraction of sp³-hybridized carbons (Fsp3) is 0.435. The minimum Gasteiger partial charge on any atom is -0.383 e. The van der Waals surface area contributed by atoms with Gasteiger partial charge in [-0.25, -0.2) is 9.37 Å². The predicted molar refractivity (Wildman–Crippen MR) is 127 cm³/mol. The van der Waals surface area contributed by atoms with Gasteiger partial charge in [0.2, 0.25) is 5.91 Å². The monoisotopic (exact) mass is 475 g/mol. The van der Waals surface area contributed by atoms with E-state index in [1.165, 1.54) is 15.5 Å². The number of rotatable bonds is 7. The number of nitrogens with one attached hydrogen (secondary N) is 1. The first-order valence-corrected chi connectivity index (χ1v) is 12.4. The van der Waals surface area contributed by atoms with Crippen LogP contribution in [-0.4, -0.2) is 41.0 Å². The second-order valence-corrected chi connectivity index (χ2v) is 10.3. The Kier molecular flexibility index (Phi) is 6.97. The highest BCUT2D eigenvalue weighted by molar-refractivity contribution is 7.99. The van der Waals surface area contributed by atoms with Gasteiger partial charge in [-0.3, -0.25) is 14.2 Å². The molecular formula is C23H26FN3O3S2. The van der Waals surface area contributed by atoms with Crippen LogP contribution < -0.4 is 10.9 Å². The Labute approximate surface area is 194 Å². The summed E-state index contributed by atoms with van der Waals surface area (Å²) in [5.41, 5.74) is 0.919. The molecule has 3 aromatic rings. The third kappa shape index (κ3) is 4.60. The van der Waals surface area contributed by atoms with Crippen LogP contribution in [0.1, 0.15) is 30.7 Å². The Morgan fingerprint density at radius 2 is 2.22 bits per heavy atom. The average molecular weight is 476 g/mol. The summed E-state index contributed by atoms with van der Waals surface area (Å²) in [5.74, 6) is -0.0829. The van der Waals surface area contributed by atoms with Crippen molar-refractivity contribution >= 4 is 39.2 Å². The Balaban J connectivity index is 1.77. The van der Waals surface area contributed by atoms with Crippen LogP contribution in [0.3, 0.4) is 0 Å². The molecule has 0 saturated carbocycles. The number of benzene rings is 1. The van der Waals surface area contributed by atoms with Crippen molar-refractivity contribution < 1.29 is 13.9 Å². The van der Waals surface area contributed by atoms with E-state index in [4.69, 9.17) is 9.72 Å². The van der Waals surface area contributed by atoms with Crippen molar-refractivity contribution in [1.29, 1.82) is 0 Å². The minimum absolute atomic E-state index is 0.0581. The first-order chi connectivity index (χ1) is 15.4. The van der Waals surface area contributed by atoms with Crippen LogP contribution >= 0.6 is 23.1 Å². The third-order valence-electron chi connectivity index (χ3n) is 5.55. The van der Waals surface area contributed by atoms with Gasteiger partial charge in [0.15, 0.2) is 5.16 Å². The van der Waals surface area contributed by atoms with Gasteiger partial charge in [-0.05, 0) is 49.8 Å². The van der Waals surface area contributed by atoms with Crippen molar-refractivity contribution in [3.63, 3.8) is 0 Å². The summed E-state index contributed by atoms with van der Waals surface area (Å²) in [6, 6.07) is 6.03. The fourth-order valence-electron chi connectivity index (χ4n) is 4.05. The number of ether oxygens (including phenoxy) is 1. The largest absolute Gasteiger partial charge is 0.383 e. The molecule has 0 aliphatic heterocycles. The summed E-state index contributed by atoms with van der Waals surface area (Å²) in [4.78, 5) is 32.6. The van der Waals surface area contributed by atoms with Crippen LogP contribution in [0.4, 0.5) is 4.39 Å². The van der Waals surface area contributed by atoms with Gasteiger partial charge in [-0.2, -0.15) is 0 Å². The number of nitrogens with zero attached hydrogens (tertiary/aromatic N) is 2. The molecule has 1 aliphatic carbocycles. The van der Waals surface area contributed by atoms with Gasteiger partial charge in [0.1, 0.15) is 10.6 Å². The molecule has 0 bridgehead atoms. The fourth-order valence-corrected chi connectivity index (χ4v) is 6.29. The topological polar surface area (TPSA) is 73.2 Å². The molecule has 32 heavy (non-hydrogen) atoms. The van der Waals surface area contributed by atoms with E-state index in [2.05, 4.69) is 12.2 Å². The molecule has 0 spiro atoms. The number of fused-ring (bicyclic) bond motifs is 3. The number of halogens is 1. The number of aryl methyl sites for hydroxylation is 1. The molecule has 2 atom stereocenters. The Morgan fingerprint density at radius 1 is 1.44 bits per heavy atom. The van der Waals surface area contributed by atoms with E-state index >= 15 is 0 Å². The van der Waals surface area contributed by atoms with E-state index in [0.29, 0.717) is 27.9 Å². The van der Waals surface area contributed by atoms with Crippen molar-refractivity contribution in [2.45, 2.75) is 44.3 Å². The Bertz CT molecular complexity index is 1210.